The van der Waals surface area contributed by atoms with Crippen molar-refractivity contribution in [2.45, 2.75) is 51.9 Å². The summed E-state index contributed by atoms with van der Waals surface area (Å²) in [7, 11) is 0. The molecule has 0 spiro atoms. The van der Waals surface area contributed by atoms with Crippen molar-refractivity contribution in [3.8, 4) is 0 Å². The van der Waals surface area contributed by atoms with E-state index in [0.717, 1.165) is 19.3 Å². The van der Waals surface area contributed by atoms with Crippen molar-refractivity contribution < 1.29 is 8.78 Å². The van der Waals surface area contributed by atoms with E-state index in [1.165, 1.54) is 0 Å². The Labute approximate surface area is 85.1 Å². The van der Waals surface area contributed by atoms with Gasteiger partial charge in [-0.3, -0.25) is 0 Å². The van der Waals surface area contributed by atoms with Crippen LogP contribution in [0.3, 0.4) is 0 Å². The van der Waals surface area contributed by atoms with Crippen LogP contribution in [0, 0.1) is 23.7 Å². The number of hydrogen-bond donors (Lipinski definition) is 0. The van der Waals surface area contributed by atoms with Crippen molar-refractivity contribution >= 4 is 0 Å². The number of alkyl halides is 2. The number of fused-ring (bicyclic) bond motifs is 1. The first-order valence-corrected chi connectivity index (χ1v) is 5.87. The first-order valence-electron chi connectivity index (χ1n) is 5.87. The molecule has 2 aliphatic rings. The molecule has 0 amide bonds. The Bertz CT molecular complexity index is 204. The van der Waals surface area contributed by atoms with Crippen molar-refractivity contribution in [1.82, 2.24) is 0 Å². The Morgan fingerprint density at radius 3 is 2.36 bits per heavy atom. The largest absolute Gasteiger partial charge is 0.247 e. The molecule has 2 saturated carbocycles. The fraction of sp³-hybridized carbons (Fsp3) is 1.00. The molecule has 0 aromatic rings. The van der Waals surface area contributed by atoms with Gasteiger partial charge in [0.25, 0.3) is 0 Å². The predicted octanol–water partition coefficient (Wildman–Crippen LogP) is 3.75. The normalized spacial score (nSPS) is 54.0. The smallest absolute Gasteiger partial charge is 0.106 e. The van der Waals surface area contributed by atoms with Crippen LogP contribution in [-0.4, -0.2) is 12.3 Å². The van der Waals surface area contributed by atoms with E-state index in [1.807, 2.05) is 13.8 Å². The summed E-state index contributed by atoms with van der Waals surface area (Å²) in [5.74, 6) is 0.780. The van der Waals surface area contributed by atoms with Gasteiger partial charge in [0.1, 0.15) is 12.3 Å². The Morgan fingerprint density at radius 1 is 0.929 bits per heavy atom. The average molecular weight is 202 g/mol. The molecule has 2 fully saturated rings. The topological polar surface area (TPSA) is 0 Å². The van der Waals surface area contributed by atoms with Crippen LogP contribution in [0.15, 0.2) is 0 Å². The van der Waals surface area contributed by atoms with E-state index in [4.69, 9.17) is 0 Å². The lowest BCUT2D eigenvalue weighted by Gasteiger charge is -2.44. The van der Waals surface area contributed by atoms with Crippen molar-refractivity contribution in [3.05, 3.63) is 0 Å². The van der Waals surface area contributed by atoms with Gasteiger partial charge in [0.05, 0.1) is 0 Å². The fourth-order valence-corrected chi connectivity index (χ4v) is 3.26. The third-order valence-corrected chi connectivity index (χ3v) is 4.34. The van der Waals surface area contributed by atoms with Crippen molar-refractivity contribution in [2.24, 2.45) is 23.7 Å². The fourth-order valence-electron chi connectivity index (χ4n) is 3.26. The summed E-state index contributed by atoms with van der Waals surface area (Å²) in [6.45, 7) is 3.93. The van der Waals surface area contributed by atoms with Crippen LogP contribution in [0.1, 0.15) is 39.5 Å². The van der Waals surface area contributed by atoms with Gasteiger partial charge in [-0.05, 0) is 49.4 Å². The summed E-state index contributed by atoms with van der Waals surface area (Å²) < 4.78 is 27.3. The van der Waals surface area contributed by atoms with Gasteiger partial charge in [-0.25, -0.2) is 8.78 Å². The summed E-state index contributed by atoms with van der Waals surface area (Å²) >= 11 is 0. The molecule has 82 valence electrons. The second-order valence-electron chi connectivity index (χ2n) is 5.39. The lowest BCUT2D eigenvalue weighted by Crippen LogP contribution is -2.42. The second kappa shape index (κ2) is 3.79. The van der Waals surface area contributed by atoms with Crippen molar-refractivity contribution in [3.63, 3.8) is 0 Å². The number of rotatable bonds is 0. The monoisotopic (exact) mass is 202 g/mol. The molecule has 6 atom stereocenters. The second-order valence-corrected chi connectivity index (χ2v) is 5.39. The Morgan fingerprint density at radius 2 is 1.64 bits per heavy atom. The molecule has 0 aliphatic heterocycles. The van der Waals surface area contributed by atoms with Crippen LogP contribution >= 0.6 is 0 Å². The average Bonchev–Trinajstić information content (AvgIpc) is 2.15. The highest BCUT2D eigenvalue weighted by molar-refractivity contribution is 4.92. The summed E-state index contributed by atoms with van der Waals surface area (Å²) in [5, 5.41) is 0. The standard InChI is InChI=1S/C12H20F2/c1-7-3-4-9-5-8(2)11(13)6-10(9)12(7)14/h7-12H,3-6H2,1-2H3. The van der Waals surface area contributed by atoms with Gasteiger partial charge in [0.15, 0.2) is 0 Å². The van der Waals surface area contributed by atoms with Gasteiger partial charge in [0.2, 0.25) is 0 Å². The summed E-state index contributed by atoms with van der Waals surface area (Å²) in [4.78, 5) is 0. The van der Waals surface area contributed by atoms with Crippen LogP contribution in [-0.2, 0) is 0 Å². The minimum atomic E-state index is -0.764. The molecule has 0 nitrogen and oxygen atoms in total. The molecule has 0 N–H and O–H groups in total. The molecular weight excluding hydrogens is 182 g/mol. The van der Waals surface area contributed by atoms with Gasteiger partial charge >= 0.3 is 0 Å². The molecule has 2 aliphatic carbocycles. The Balaban J connectivity index is 2.06. The summed E-state index contributed by atoms with van der Waals surface area (Å²) in [6.07, 6.45) is 1.96. The molecule has 6 unspecified atom stereocenters. The minimum Gasteiger partial charge on any atom is -0.247 e. The van der Waals surface area contributed by atoms with Crippen LogP contribution < -0.4 is 0 Å². The highest BCUT2D eigenvalue weighted by atomic mass is 19.1. The molecule has 0 aromatic carbocycles. The van der Waals surface area contributed by atoms with Gasteiger partial charge in [-0.15, -0.1) is 0 Å². The minimum absolute atomic E-state index is 0.0185. The zero-order chi connectivity index (χ0) is 10.3. The molecule has 2 heteroatoms. The third kappa shape index (κ3) is 1.68. The number of hydrogen-bond acceptors (Lipinski definition) is 0. The van der Waals surface area contributed by atoms with E-state index in [9.17, 15) is 8.78 Å². The first kappa shape index (κ1) is 10.4. The lowest BCUT2D eigenvalue weighted by atomic mass is 9.64. The summed E-state index contributed by atoms with van der Waals surface area (Å²) in [6, 6.07) is 0. The molecule has 0 aromatic heterocycles. The van der Waals surface area contributed by atoms with Crippen LogP contribution in [0.4, 0.5) is 8.78 Å². The third-order valence-electron chi connectivity index (χ3n) is 4.34. The predicted molar refractivity (Wildman–Crippen MR) is 53.6 cm³/mol. The zero-order valence-corrected chi connectivity index (χ0v) is 9.05. The van der Waals surface area contributed by atoms with E-state index in [2.05, 4.69) is 0 Å². The van der Waals surface area contributed by atoms with Gasteiger partial charge in [0, 0.05) is 0 Å². The molecule has 0 bridgehead atoms. The maximum Gasteiger partial charge on any atom is 0.106 e. The Hall–Kier alpha value is -0.140. The number of halogens is 2. The molecular formula is C12H20F2. The maximum absolute atomic E-state index is 13.8. The van der Waals surface area contributed by atoms with Crippen LogP contribution in [0.2, 0.25) is 0 Å². The van der Waals surface area contributed by atoms with Crippen molar-refractivity contribution in [2.75, 3.05) is 0 Å². The van der Waals surface area contributed by atoms with E-state index < -0.39 is 12.3 Å². The molecule has 14 heavy (non-hydrogen) atoms. The molecule has 0 saturated heterocycles. The van der Waals surface area contributed by atoms with Gasteiger partial charge in [-0.1, -0.05) is 13.8 Å². The first-order chi connectivity index (χ1) is 6.59. The molecule has 0 heterocycles. The van der Waals surface area contributed by atoms with E-state index in [0.29, 0.717) is 12.3 Å². The quantitative estimate of drug-likeness (QED) is 0.561. The molecule has 0 radical (unpaired) electrons. The van der Waals surface area contributed by atoms with E-state index >= 15 is 0 Å². The van der Waals surface area contributed by atoms with Crippen molar-refractivity contribution in [1.29, 1.82) is 0 Å². The van der Waals surface area contributed by atoms with E-state index in [-0.39, 0.29) is 17.8 Å². The highest BCUT2D eigenvalue weighted by Crippen LogP contribution is 2.46. The van der Waals surface area contributed by atoms with Gasteiger partial charge < -0.3 is 0 Å². The highest BCUT2D eigenvalue weighted by Gasteiger charge is 2.43. The van der Waals surface area contributed by atoms with Crippen LogP contribution in [0.25, 0.3) is 0 Å². The maximum atomic E-state index is 13.8. The Kier molecular flexibility index (Phi) is 2.81. The van der Waals surface area contributed by atoms with Gasteiger partial charge in [-0.2, -0.15) is 0 Å². The lowest BCUT2D eigenvalue weighted by molar-refractivity contribution is -0.0150. The zero-order valence-electron chi connectivity index (χ0n) is 9.05. The molecule has 2 rings (SSSR count). The van der Waals surface area contributed by atoms with E-state index in [1.54, 1.807) is 0 Å². The van der Waals surface area contributed by atoms with Crippen LogP contribution in [0.5, 0.6) is 0 Å². The summed E-state index contributed by atoms with van der Waals surface area (Å²) in [5.41, 5.74) is 0. The SMILES string of the molecule is CC1CC2CCC(C)C(F)C2CC1F.